The number of nitrogens with zero attached hydrogens (tertiary/aromatic N) is 4. The number of fused-ring (bicyclic) bond motifs is 1. The van der Waals surface area contributed by atoms with Gasteiger partial charge in [-0.2, -0.15) is 9.38 Å². The van der Waals surface area contributed by atoms with Crippen LogP contribution in [0.4, 0.5) is 11.6 Å². The molecule has 0 aliphatic rings. The summed E-state index contributed by atoms with van der Waals surface area (Å²) in [6, 6.07) is 8.83. The first-order valence-electron chi connectivity index (χ1n) is 8.12. The molecule has 0 aliphatic carbocycles. The van der Waals surface area contributed by atoms with Crippen LogP contribution in [0, 0.1) is 10.1 Å². The number of hydrogen-bond donors (Lipinski definition) is 0. The minimum Gasteiger partial charge on any atom is -0.493 e. The molecule has 142 valence electrons. The molecule has 3 aromatic rings. The van der Waals surface area contributed by atoms with Crippen LogP contribution < -0.4 is 19.1 Å². The smallest absolute Gasteiger partial charge is 0.372 e. The van der Waals surface area contributed by atoms with Gasteiger partial charge in [0.1, 0.15) is 0 Å². The van der Waals surface area contributed by atoms with Gasteiger partial charge in [0.15, 0.2) is 11.5 Å². The molecule has 0 saturated carbocycles. The average Bonchev–Trinajstić information content (AvgIpc) is 3.07. The van der Waals surface area contributed by atoms with Crippen molar-refractivity contribution in [2.45, 2.75) is 6.54 Å². The van der Waals surface area contributed by atoms with Crippen LogP contribution in [-0.4, -0.2) is 42.7 Å². The summed E-state index contributed by atoms with van der Waals surface area (Å²) in [7, 11) is 6.35. The number of nitro groups is 1. The van der Waals surface area contributed by atoms with E-state index in [0.717, 1.165) is 5.56 Å². The van der Waals surface area contributed by atoms with E-state index in [9.17, 15) is 10.1 Å². The van der Waals surface area contributed by atoms with Crippen molar-refractivity contribution in [2.75, 3.05) is 33.3 Å². The van der Waals surface area contributed by atoms with Crippen molar-refractivity contribution in [2.24, 2.45) is 0 Å². The maximum atomic E-state index is 11.6. The Hall–Kier alpha value is -3.49. The van der Waals surface area contributed by atoms with Crippen LogP contribution in [-0.2, 0) is 6.54 Å². The third-order valence-electron chi connectivity index (χ3n) is 4.21. The van der Waals surface area contributed by atoms with Crippen LogP contribution in [0.2, 0.25) is 0 Å². The lowest BCUT2D eigenvalue weighted by atomic mass is 10.1. The Labute approximate surface area is 155 Å². The number of ether oxygens (including phenoxy) is 3. The zero-order chi connectivity index (χ0) is 19.6. The Balaban J connectivity index is 2.04. The summed E-state index contributed by atoms with van der Waals surface area (Å²) in [5, 5.41) is 11.6. The highest BCUT2D eigenvalue weighted by molar-refractivity contribution is 5.64. The number of methoxy groups -OCH3 is 3. The maximum Gasteiger partial charge on any atom is 0.372 e. The third kappa shape index (κ3) is 3.19. The fourth-order valence-corrected chi connectivity index (χ4v) is 3.01. The van der Waals surface area contributed by atoms with Crippen LogP contribution in [0.25, 0.3) is 5.65 Å². The Morgan fingerprint density at radius 1 is 1.11 bits per heavy atom. The molecule has 9 nitrogen and oxygen atoms in total. The van der Waals surface area contributed by atoms with Gasteiger partial charge in [0.2, 0.25) is 17.2 Å². The van der Waals surface area contributed by atoms with Gasteiger partial charge < -0.3 is 29.2 Å². The molecule has 0 amide bonds. The van der Waals surface area contributed by atoms with Gasteiger partial charge in [0.05, 0.1) is 27.5 Å². The fraction of sp³-hybridized carbons (Fsp3) is 0.278. The molecule has 0 radical (unpaired) electrons. The standard InChI is InChI=1S/C18H20N4O5/c1-20(11-12-8-9-13(25-2)16(27-4)15(12)26-3)17-18(22(23)24)21-10-6-5-7-14(21)19-17/h5-10H,11H2,1-4H3. The molecule has 27 heavy (non-hydrogen) atoms. The first-order valence-corrected chi connectivity index (χ1v) is 8.12. The number of aromatic nitrogens is 2. The molecular weight excluding hydrogens is 352 g/mol. The maximum absolute atomic E-state index is 11.6. The van der Waals surface area contributed by atoms with Crippen LogP contribution in [0.1, 0.15) is 5.56 Å². The highest BCUT2D eigenvalue weighted by Gasteiger charge is 2.26. The van der Waals surface area contributed by atoms with Crippen molar-refractivity contribution < 1.29 is 19.1 Å². The van der Waals surface area contributed by atoms with E-state index in [4.69, 9.17) is 14.2 Å². The van der Waals surface area contributed by atoms with E-state index in [1.165, 1.54) is 18.6 Å². The predicted octanol–water partition coefficient (Wildman–Crippen LogP) is 2.90. The number of rotatable bonds is 7. The van der Waals surface area contributed by atoms with Crippen molar-refractivity contribution in [3.63, 3.8) is 0 Å². The van der Waals surface area contributed by atoms with E-state index >= 15 is 0 Å². The summed E-state index contributed by atoms with van der Waals surface area (Å²) in [6.07, 6.45) is 1.62. The van der Waals surface area contributed by atoms with Gasteiger partial charge in [-0.3, -0.25) is 0 Å². The SMILES string of the molecule is COc1ccc(CN(C)c2nc3ccccn3c2[N+](=O)[O-])c(OC)c1OC. The first kappa shape index (κ1) is 18.3. The molecule has 0 aliphatic heterocycles. The van der Waals surface area contributed by atoms with Crippen molar-refractivity contribution in [1.82, 2.24) is 9.38 Å². The Morgan fingerprint density at radius 3 is 2.48 bits per heavy atom. The summed E-state index contributed by atoms with van der Waals surface area (Å²) in [5.74, 6) is 1.69. The second kappa shape index (κ2) is 7.40. The summed E-state index contributed by atoms with van der Waals surface area (Å²) in [4.78, 5) is 17.3. The molecule has 0 spiro atoms. The minimum absolute atomic E-state index is 0.0902. The molecule has 0 atom stereocenters. The van der Waals surface area contributed by atoms with E-state index in [0.29, 0.717) is 29.4 Å². The first-order chi connectivity index (χ1) is 13.0. The van der Waals surface area contributed by atoms with E-state index in [1.807, 2.05) is 6.07 Å². The van der Waals surface area contributed by atoms with Crippen molar-refractivity contribution in [1.29, 1.82) is 0 Å². The molecule has 0 fully saturated rings. The summed E-state index contributed by atoms with van der Waals surface area (Å²) in [5.41, 5.74) is 1.29. The van der Waals surface area contributed by atoms with Gasteiger partial charge in [-0.25, -0.2) is 0 Å². The zero-order valence-corrected chi connectivity index (χ0v) is 15.5. The summed E-state index contributed by atoms with van der Waals surface area (Å²) < 4.78 is 17.6. The lowest BCUT2D eigenvalue weighted by Crippen LogP contribution is -2.19. The largest absolute Gasteiger partial charge is 0.493 e. The Bertz CT molecular complexity index is 985. The number of imidazole rings is 1. The van der Waals surface area contributed by atoms with Gasteiger partial charge in [0, 0.05) is 25.2 Å². The molecule has 9 heteroatoms. The average molecular weight is 372 g/mol. The van der Waals surface area contributed by atoms with Crippen molar-refractivity contribution >= 4 is 17.3 Å². The van der Waals surface area contributed by atoms with Crippen molar-refractivity contribution in [3.05, 3.63) is 52.2 Å². The van der Waals surface area contributed by atoms with E-state index in [1.54, 1.807) is 49.5 Å². The van der Waals surface area contributed by atoms with Gasteiger partial charge in [-0.15, -0.1) is 0 Å². The predicted molar refractivity (Wildman–Crippen MR) is 100 cm³/mol. The second-order valence-corrected chi connectivity index (χ2v) is 5.79. The van der Waals surface area contributed by atoms with Crippen LogP contribution in [0.15, 0.2) is 36.5 Å². The number of benzene rings is 1. The topological polar surface area (TPSA) is 91.4 Å². The molecule has 0 saturated heterocycles. The molecular formula is C18H20N4O5. The second-order valence-electron chi connectivity index (χ2n) is 5.79. The third-order valence-corrected chi connectivity index (χ3v) is 4.21. The number of anilines is 1. The quantitative estimate of drug-likeness (QED) is 0.465. The van der Waals surface area contributed by atoms with E-state index in [2.05, 4.69) is 4.98 Å². The zero-order valence-electron chi connectivity index (χ0n) is 15.5. The molecule has 2 aromatic heterocycles. The molecule has 0 unspecified atom stereocenters. The molecule has 2 heterocycles. The van der Waals surface area contributed by atoms with Gasteiger partial charge in [-0.05, 0) is 23.1 Å². The molecule has 3 rings (SSSR count). The van der Waals surface area contributed by atoms with Crippen LogP contribution in [0.3, 0.4) is 0 Å². The van der Waals surface area contributed by atoms with Crippen molar-refractivity contribution in [3.8, 4) is 17.2 Å². The lowest BCUT2D eigenvalue weighted by Gasteiger charge is -2.20. The summed E-state index contributed by atoms with van der Waals surface area (Å²) in [6.45, 7) is 0.328. The van der Waals surface area contributed by atoms with Gasteiger partial charge in [0.25, 0.3) is 0 Å². The van der Waals surface area contributed by atoms with Gasteiger partial charge in [-0.1, -0.05) is 6.07 Å². The molecule has 0 N–H and O–H groups in total. The monoisotopic (exact) mass is 372 g/mol. The normalized spacial score (nSPS) is 10.7. The number of hydrogen-bond acceptors (Lipinski definition) is 7. The highest BCUT2D eigenvalue weighted by Crippen LogP contribution is 2.40. The van der Waals surface area contributed by atoms with Crippen LogP contribution in [0.5, 0.6) is 17.2 Å². The van der Waals surface area contributed by atoms with E-state index in [-0.39, 0.29) is 11.6 Å². The summed E-state index contributed by atoms with van der Waals surface area (Å²) >= 11 is 0. The Morgan fingerprint density at radius 2 is 1.85 bits per heavy atom. The minimum atomic E-state index is -0.433. The fourth-order valence-electron chi connectivity index (χ4n) is 3.01. The lowest BCUT2D eigenvalue weighted by molar-refractivity contribution is -0.389. The van der Waals surface area contributed by atoms with Crippen LogP contribution >= 0.6 is 0 Å². The Kier molecular flexibility index (Phi) is 5.02. The molecule has 0 bridgehead atoms. The number of pyridine rings is 1. The van der Waals surface area contributed by atoms with E-state index < -0.39 is 4.92 Å². The van der Waals surface area contributed by atoms with Gasteiger partial charge >= 0.3 is 5.82 Å². The highest BCUT2D eigenvalue weighted by atomic mass is 16.6. The molecule has 1 aromatic carbocycles.